The molecule has 3 rings (SSSR count). The number of likely N-dealkylation sites (N-methyl/N-ethyl adjacent to an activating group) is 1. The second kappa shape index (κ2) is 9.37. The molecule has 0 spiro atoms. The van der Waals surface area contributed by atoms with Gasteiger partial charge in [-0.15, -0.1) is 0 Å². The number of hydrogen-bond acceptors (Lipinski definition) is 4. The molecule has 0 radical (unpaired) electrons. The van der Waals surface area contributed by atoms with E-state index in [9.17, 15) is 14.7 Å². The fourth-order valence-corrected chi connectivity index (χ4v) is 3.42. The molecule has 0 bridgehead atoms. The van der Waals surface area contributed by atoms with Crippen molar-refractivity contribution in [3.63, 3.8) is 0 Å². The second-order valence-electron chi connectivity index (χ2n) is 7.29. The summed E-state index contributed by atoms with van der Waals surface area (Å²) in [7, 11) is 1.82. The number of carbonyl (C=O) groups is 2. The highest BCUT2D eigenvalue weighted by atomic mass is 16.3. The van der Waals surface area contributed by atoms with E-state index >= 15 is 0 Å². The predicted octanol–water partition coefficient (Wildman–Crippen LogP) is 2.70. The maximum absolute atomic E-state index is 12.5. The van der Waals surface area contributed by atoms with Gasteiger partial charge in [-0.1, -0.05) is 42.5 Å². The van der Waals surface area contributed by atoms with Crippen molar-refractivity contribution in [1.82, 2.24) is 9.80 Å². The Balaban J connectivity index is 1.44. The summed E-state index contributed by atoms with van der Waals surface area (Å²) in [5.74, 6) is -0.0250. The van der Waals surface area contributed by atoms with E-state index in [1.807, 2.05) is 37.4 Å². The topological polar surface area (TPSA) is 72.9 Å². The first-order valence-electron chi connectivity index (χ1n) is 9.62. The summed E-state index contributed by atoms with van der Waals surface area (Å²) in [4.78, 5) is 28.8. The van der Waals surface area contributed by atoms with Gasteiger partial charge in [0.05, 0.1) is 12.2 Å². The number of anilines is 1. The van der Waals surface area contributed by atoms with Crippen LogP contribution < -0.4 is 5.32 Å². The molecule has 1 fully saturated rings. The van der Waals surface area contributed by atoms with Crippen molar-refractivity contribution in [3.8, 4) is 5.75 Å². The summed E-state index contributed by atoms with van der Waals surface area (Å²) in [5.41, 5.74) is 1.55. The Bertz CT molecular complexity index is 802. The summed E-state index contributed by atoms with van der Waals surface area (Å²) in [6.45, 7) is 2.39. The highest BCUT2D eigenvalue weighted by molar-refractivity contribution is 5.93. The van der Waals surface area contributed by atoms with Crippen LogP contribution in [-0.2, 0) is 16.1 Å². The van der Waals surface area contributed by atoms with E-state index in [0.717, 1.165) is 5.56 Å². The van der Waals surface area contributed by atoms with Gasteiger partial charge in [-0.05, 0) is 43.6 Å². The van der Waals surface area contributed by atoms with E-state index in [1.54, 1.807) is 29.2 Å². The minimum Gasteiger partial charge on any atom is -0.506 e. The SMILES string of the molecule is CN(Cc1ccccc1)C(=O)CN1CCC(C(=O)Nc2ccccc2O)CC1. The first-order valence-corrected chi connectivity index (χ1v) is 9.62. The van der Waals surface area contributed by atoms with E-state index < -0.39 is 0 Å². The smallest absolute Gasteiger partial charge is 0.236 e. The third-order valence-corrected chi connectivity index (χ3v) is 5.17. The van der Waals surface area contributed by atoms with Crippen LogP contribution in [-0.4, -0.2) is 53.4 Å². The third-order valence-electron chi connectivity index (χ3n) is 5.17. The van der Waals surface area contributed by atoms with E-state index in [1.165, 1.54) is 0 Å². The van der Waals surface area contributed by atoms with Gasteiger partial charge in [0.25, 0.3) is 0 Å². The highest BCUT2D eigenvalue weighted by Gasteiger charge is 2.27. The molecule has 6 nitrogen and oxygen atoms in total. The number of para-hydroxylation sites is 2. The third kappa shape index (κ3) is 5.33. The number of hydrogen-bond donors (Lipinski definition) is 2. The zero-order valence-corrected chi connectivity index (χ0v) is 16.2. The van der Waals surface area contributed by atoms with Gasteiger partial charge in [0.1, 0.15) is 5.75 Å². The van der Waals surface area contributed by atoms with Crippen LogP contribution in [0.15, 0.2) is 54.6 Å². The van der Waals surface area contributed by atoms with Crippen LogP contribution in [0.25, 0.3) is 0 Å². The van der Waals surface area contributed by atoms with Crippen LogP contribution in [0.1, 0.15) is 18.4 Å². The molecular weight excluding hydrogens is 354 g/mol. The fraction of sp³-hybridized carbons (Fsp3) is 0.364. The van der Waals surface area contributed by atoms with Crippen molar-refractivity contribution in [1.29, 1.82) is 0 Å². The van der Waals surface area contributed by atoms with E-state index in [0.29, 0.717) is 44.7 Å². The number of nitrogens with one attached hydrogen (secondary N) is 1. The molecule has 28 heavy (non-hydrogen) atoms. The number of piperidine rings is 1. The van der Waals surface area contributed by atoms with Gasteiger partial charge in [-0.2, -0.15) is 0 Å². The van der Waals surface area contributed by atoms with Crippen LogP contribution in [0.5, 0.6) is 5.75 Å². The Morgan fingerprint density at radius 1 is 1.07 bits per heavy atom. The number of aromatic hydroxyl groups is 1. The number of carbonyl (C=O) groups excluding carboxylic acids is 2. The number of nitrogens with zero attached hydrogens (tertiary/aromatic N) is 2. The molecule has 0 aliphatic carbocycles. The maximum Gasteiger partial charge on any atom is 0.236 e. The predicted molar refractivity (Wildman–Crippen MR) is 109 cm³/mol. The molecule has 1 aliphatic heterocycles. The van der Waals surface area contributed by atoms with Crippen molar-refractivity contribution in [2.45, 2.75) is 19.4 Å². The Kier molecular flexibility index (Phi) is 6.66. The van der Waals surface area contributed by atoms with Crippen LogP contribution in [0.4, 0.5) is 5.69 Å². The van der Waals surface area contributed by atoms with E-state index in [4.69, 9.17) is 0 Å². The van der Waals surface area contributed by atoms with Gasteiger partial charge in [0.2, 0.25) is 11.8 Å². The first-order chi connectivity index (χ1) is 13.5. The average Bonchev–Trinajstić information content (AvgIpc) is 2.71. The molecule has 2 aromatic carbocycles. The number of likely N-dealkylation sites (tertiary alicyclic amines) is 1. The van der Waals surface area contributed by atoms with Crippen LogP contribution in [0.2, 0.25) is 0 Å². The molecule has 0 atom stereocenters. The zero-order valence-electron chi connectivity index (χ0n) is 16.2. The summed E-state index contributed by atoms with van der Waals surface area (Å²) >= 11 is 0. The average molecular weight is 381 g/mol. The first kappa shape index (κ1) is 19.9. The van der Waals surface area contributed by atoms with Crippen molar-refractivity contribution in [2.24, 2.45) is 5.92 Å². The quantitative estimate of drug-likeness (QED) is 0.755. The molecule has 1 saturated heterocycles. The normalized spacial score (nSPS) is 15.2. The van der Waals surface area contributed by atoms with Crippen molar-refractivity contribution < 1.29 is 14.7 Å². The summed E-state index contributed by atoms with van der Waals surface area (Å²) in [5, 5.41) is 12.6. The minimum absolute atomic E-state index is 0.0698. The molecule has 148 valence electrons. The number of benzene rings is 2. The monoisotopic (exact) mass is 381 g/mol. The van der Waals surface area contributed by atoms with Crippen LogP contribution >= 0.6 is 0 Å². The second-order valence-corrected chi connectivity index (χ2v) is 7.29. The Hall–Kier alpha value is -2.86. The lowest BCUT2D eigenvalue weighted by Crippen LogP contribution is -2.43. The summed E-state index contributed by atoms with van der Waals surface area (Å²) in [6, 6.07) is 16.7. The Labute approximate surface area is 165 Å². The van der Waals surface area contributed by atoms with E-state index in [2.05, 4.69) is 10.2 Å². The van der Waals surface area contributed by atoms with Gasteiger partial charge in [-0.25, -0.2) is 0 Å². The zero-order chi connectivity index (χ0) is 19.9. The lowest BCUT2D eigenvalue weighted by molar-refractivity contribution is -0.132. The van der Waals surface area contributed by atoms with Gasteiger partial charge in [-0.3, -0.25) is 14.5 Å². The molecule has 2 amide bonds. The summed E-state index contributed by atoms with van der Waals surface area (Å²) in [6.07, 6.45) is 1.41. The number of rotatable bonds is 6. The number of amides is 2. The van der Waals surface area contributed by atoms with Crippen LogP contribution in [0.3, 0.4) is 0 Å². The maximum atomic E-state index is 12.5. The molecule has 1 heterocycles. The highest BCUT2D eigenvalue weighted by Crippen LogP contribution is 2.24. The lowest BCUT2D eigenvalue weighted by Gasteiger charge is -2.32. The van der Waals surface area contributed by atoms with Gasteiger partial charge >= 0.3 is 0 Å². The van der Waals surface area contributed by atoms with Crippen molar-refractivity contribution in [3.05, 3.63) is 60.2 Å². The Morgan fingerprint density at radius 2 is 1.71 bits per heavy atom. The molecule has 0 aromatic heterocycles. The van der Waals surface area contributed by atoms with Gasteiger partial charge in [0.15, 0.2) is 0 Å². The number of phenols is 1. The van der Waals surface area contributed by atoms with Crippen molar-refractivity contribution >= 4 is 17.5 Å². The molecule has 6 heteroatoms. The molecule has 2 aromatic rings. The molecular formula is C22H27N3O3. The van der Waals surface area contributed by atoms with Gasteiger partial charge < -0.3 is 15.3 Å². The lowest BCUT2D eigenvalue weighted by atomic mass is 9.95. The molecule has 1 aliphatic rings. The van der Waals surface area contributed by atoms with Crippen molar-refractivity contribution in [2.75, 3.05) is 32.0 Å². The number of phenolic OH excluding ortho intramolecular Hbond substituents is 1. The van der Waals surface area contributed by atoms with Gasteiger partial charge in [0, 0.05) is 19.5 Å². The van der Waals surface area contributed by atoms with Crippen LogP contribution in [0, 0.1) is 5.92 Å². The molecule has 2 N–H and O–H groups in total. The largest absolute Gasteiger partial charge is 0.506 e. The summed E-state index contributed by atoms with van der Waals surface area (Å²) < 4.78 is 0. The molecule has 0 unspecified atom stereocenters. The fourth-order valence-electron chi connectivity index (χ4n) is 3.42. The minimum atomic E-state index is -0.104. The Morgan fingerprint density at radius 3 is 2.39 bits per heavy atom. The van der Waals surface area contributed by atoms with E-state index in [-0.39, 0.29) is 23.5 Å². The molecule has 0 saturated carbocycles. The standard InChI is InChI=1S/C22H27N3O3/c1-24(15-17-7-3-2-4-8-17)21(27)16-25-13-11-18(12-14-25)22(28)23-19-9-5-6-10-20(19)26/h2-10,18,26H,11-16H2,1H3,(H,23,28).